The number of aromatic nitrogens is 1. The monoisotopic (exact) mass is 403 g/mol. The lowest BCUT2D eigenvalue weighted by Crippen LogP contribution is -2.41. The molecule has 28 heavy (non-hydrogen) atoms. The van der Waals surface area contributed by atoms with Gasteiger partial charge >= 0.3 is 0 Å². The zero-order valence-electron chi connectivity index (χ0n) is 15.2. The second kappa shape index (κ2) is 6.40. The number of nitrogens with zero attached hydrogens (tertiary/aromatic N) is 2. The van der Waals surface area contributed by atoms with Gasteiger partial charge in [-0.3, -0.25) is 4.79 Å². The van der Waals surface area contributed by atoms with Crippen molar-refractivity contribution in [3.05, 3.63) is 48.7 Å². The number of carbonyl (C=O) groups excluding carboxylic acids is 1. The summed E-state index contributed by atoms with van der Waals surface area (Å²) >= 11 is 0. The number of amides is 1. The number of fused-ring (bicyclic) bond motifs is 1. The Morgan fingerprint density at radius 3 is 2.89 bits per heavy atom. The van der Waals surface area contributed by atoms with Gasteiger partial charge in [0.2, 0.25) is 15.8 Å². The first kappa shape index (κ1) is 17.8. The molecule has 1 spiro atoms. The van der Waals surface area contributed by atoms with Gasteiger partial charge in [0.05, 0.1) is 29.3 Å². The normalized spacial score (nSPS) is 31.3. The summed E-state index contributed by atoms with van der Waals surface area (Å²) in [6.45, 7) is 1.35. The van der Waals surface area contributed by atoms with Gasteiger partial charge < -0.3 is 14.1 Å². The average Bonchev–Trinajstić information content (AvgIpc) is 3.47. The third kappa shape index (κ3) is 2.76. The van der Waals surface area contributed by atoms with Crippen LogP contribution in [0.15, 0.2) is 52.2 Å². The third-order valence-corrected chi connectivity index (χ3v) is 7.72. The number of nitrogens with one attached hydrogen (secondary N) is 1. The SMILES string of the molecule is O=C(c1cnco1)N1C[C@@H]2[C@H](CNS(=O)(=O)c3ccccc3)[C@H]3CC[C@]2(C1)O3. The molecule has 9 heteroatoms. The lowest BCUT2D eigenvalue weighted by Gasteiger charge is -2.29. The lowest BCUT2D eigenvalue weighted by atomic mass is 9.74. The van der Waals surface area contributed by atoms with E-state index >= 15 is 0 Å². The number of rotatable bonds is 5. The molecule has 1 N–H and O–H groups in total. The number of hydrogen-bond donors (Lipinski definition) is 1. The maximum Gasteiger partial charge on any atom is 0.291 e. The zero-order valence-corrected chi connectivity index (χ0v) is 16.0. The Bertz CT molecular complexity index is 978. The molecule has 3 aliphatic rings. The van der Waals surface area contributed by atoms with Gasteiger partial charge in [0.25, 0.3) is 5.91 Å². The van der Waals surface area contributed by atoms with Crippen LogP contribution in [0.3, 0.4) is 0 Å². The van der Waals surface area contributed by atoms with Gasteiger partial charge in [-0.2, -0.15) is 0 Å². The van der Waals surface area contributed by atoms with Crippen LogP contribution in [0.2, 0.25) is 0 Å². The summed E-state index contributed by atoms with van der Waals surface area (Å²) in [6, 6.07) is 8.34. The summed E-state index contributed by atoms with van der Waals surface area (Å²) in [7, 11) is -3.57. The summed E-state index contributed by atoms with van der Waals surface area (Å²) in [6.07, 6.45) is 4.47. The van der Waals surface area contributed by atoms with Crippen LogP contribution in [0.5, 0.6) is 0 Å². The van der Waals surface area contributed by atoms with E-state index in [1.54, 1.807) is 35.2 Å². The quantitative estimate of drug-likeness (QED) is 0.807. The predicted molar refractivity (Wildman–Crippen MR) is 97.9 cm³/mol. The van der Waals surface area contributed by atoms with Gasteiger partial charge in [-0.15, -0.1) is 0 Å². The van der Waals surface area contributed by atoms with E-state index in [0.717, 1.165) is 12.8 Å². The zero-order chi connectivity index (χ0) is 19.4. The van der Waals surface area contributed by atoms with Crippen molar-refractivity contribution < 1.29 is 22.4 Å². The molecule has 0 aliphatic carbocycles. The molecule has 2 aromatic rings. The molecule has 3 aliphatic heterocycles. The summed E-state index contributed by atoms with van der Waals surface area (Å²) in [5, 5.41) is 0. The van der Waals surface area contributed by atoms with Crippen LogP contribution in [0.1, 0.15) is 23.4 Å². The van der Waals surface area contributed by atoms with Crippen LogP contribution in [-0.4, -0.2) is 55.5 Å². The fourth-order valence-electron chi connectivity index (χ4n) is 4.98. The standard InChI is InChI=1S/C19H21N3O5S/c23-18(17-9-20-12-26-17)22-10-15-14(16-6-7-19(15,11-22)27-16)8-21-28(24,25)13-4-2-1-3-5-13/h1-5,9,12,14-16,21H,6-8,10-11H2/t14-,15+,16+,19+/m0/s1. The Labute approximate surface area is 162 Å². The van der Waals surface area contributed by atoms with E-state index in [4.69, 9.17) is 9.15 Å². The minimum Gasteiger partial charge on any atom is -0.438 e. The largest absolute Gasteiger partial charge is 0.438 e. The van der Waals surface area contributed by atoms with Crippen LogP contribution in [0.25, 0.3) is 0 Å². The van der Waals surface area contributed by atoms with Crippen molar-refractivity contribution in [2.75, 3.05) is 19.6 Å². The smallest absolute Gasteiger partial charge is 0.291 e. The summed E-state index contributed by atoms with van der Waals surface area (Å²) < 4.78 is 39.3. The van der Waals surface area contributed by atoms with Crippen LogP contribution >= 0.6 is 0 Å². The van der Waals surface area contributed by atoms with Gasteiger partial charge in [-0.25, -0.2) is 18.1 Å². The molecule has 0 unspecified atom stereocenters. The Morgan fingerprint density at radius 2 is 2.14 bits per heavy atom. The number of benzene rings is 1. The van der Waals surface area contributed by atoms with Crippen molar-refractivity contribution in [1.29, 1.82) is 0 Å². The van der Waals surface area contributed by atoms with Gasteiger partial charge in [0, 0.05) is 24.9 Å². The van der Waals surface area contributed by atoms with Gasteiger partial charge in [-0.1, -0.05) is 18.2 Å². The van der Waals surface area contributed by atoms with Crippen molar-refractivity contribution >= 4 is 15.9 Å². The molecule has 4 atom stereocenters. The van der Waals surface area contributed by atoms with E-state index < -0.39 is 10.0 Å². The first-order chi connectivity index (χ1) is 13.5. The maximum absolute atomic E-state index is 12.6. The molecule has 2 bridgehead atoms. The van der Waals surface area contributed by atoms with Gasteiger partial charge in [0.1, 0.15) is 0 Å². The highest BCUT2D eigenvalue weighted by atomic mass is 32.2. The van der Waals surface area contributed by atoms with E-state index in [1.807, 2.05) is 0 Å². The number of carbonyl (C=O) groups is 1. The van der Waals surface area contributed by atoms with E-state index in [2.05, 4.69) is 9.71 Å². The van der Waals surface area contributed by atoms with E-state index in [1.165, 1.54) is 12.6 Å². The van der Waals surface area contributed by atoms with Gasteiger partial charge in [0.15, 0.2) is 6.39 Å². The highest BCUT2D eigenvalue weighted by molar-refractivity contribution is 7.89. The molecule has 3 saturated heterocycles. The molecule has 5 rings (SSSR count). The molecule has 4 heterocycles. The number of oxazole rings is 1. The Hall–Kier alpha value is -2.23. The molecule has 1 aromatic heterocycles. The van der Waals surface area contributed by atoms with Crippen LogP contribution in [0, 0.1) is 11.8 Å². The molecule has 1 aromatic carbocycles. The summed E-state index contributed by atoms with van der Waals surface area (Å²) in [4.78, 5) is 18.4. The average molecular weight is 403 g/mol. The number of sulfonamides is 1. The highest BCUT2D eigenvalue weighted by Crippen LogP contribution is 2.54. The molecule has 3 fully saturated rings. The van der Waals surface area contributed by atoms with Crippen LogP contribution < -0.4 is 4.72 Å². The number of ether oxygens (including phenoxy) is 1. The van der Waals surface area contributed by atoms with E-state index in [0.29, 0.717) is 19.6 Å². The molecule has 1 amide bonds. The molecule has 0 radical (unpaired) electrons. The molecular weight excluding hydrogens is 382 g/mol. The molecule has 8 nitrogen and oxygen atoms in total. The molecule has 0 saturated carbocycles. The Balaban J connectivity index is 1.31. The highest BCUT2D eigenvalue weighted by Gasteiger charge is 2.63. The first-order valence-corrected chi connectivity index (χ1v) is 10.9. The number of hydrogen-bond acceptors (Lipinski definition) is 6. The second-order valence-corrected chi connectivity index (χ2v) is 9.51. The molecule has 148 valence electrons. The topological polar surface area (TPSA) is 102 Å². The van der Waals surface area contributed by atoms with Crippen LogP contribution in [-0.2, 0) is 14.8 Å². The summed E-state index contributed by atoms with van der Waals surface area (Å²) in [5.41, 5.74) is -0.372. The first-order valence-electron chi connectivity index (χ1n) is 9.39. The minimum absolute atomic E-state index is 0.0333. The fourth-order valence-corrected chi connectivity index (χ4v) is 6.08. The van der Waals surface area contributed by atoms with Crippen LogP contribution in [0.4, 0.5) is 0 Å². The maximum atomic E-state index is 12.6. The van der Waals surface area contributed by atoms with E-state index in [-0.39, 0.29) is 40.1 Å². The minimum atomic E-state index is -3.57. The van der Waals surface area contributed by atoms with Crippen molar-refractivity contribution in [3.63, 3.8) is 0 Å². The van der Waals surface area contributed by atoms with Crippen molar-refractivity contribution in [3.8, 4) is 0 Å². The lowest BCUT2D eigenvalue weighted by molar-refractivity contribution is 0.00294. The van der Waals surface area contributed by atoms with Crippen molar-refractivity contribution in [1.82, 2.24) is 14.6 Å². The fraction of sp³-hybridized carbons (Fsp3) is 0.474. The van der Waals surface area contributed by atoms with Crippen molar-refractivity contribution in [2.45, 2.75) is 29.4 Å². The third-order valence-electron chi connectivity index (χ3n) is 6.28. The summed E-state index contributed by atoms with van der Waals surface area (Å²) in [5.74, 6) is 0.167. The number of likely N-dealkylation sites (tertiary alicyclic amines) is 1. The van der Waals surface area contributed by atoms with E-state index in [9.17, 15) is 13.2 Å². The Morgan fingerprint density at radius 1 is 1.32 bits per heavy atom. The van der Waals surface area contributed by atoms with Gasteiger partial charge in [-0.05, 0) is 25.0 Å². The molecular formula is C19H21N3O5S. The predicted octanol–water partition coefficient (Wildman–Crippen LogP) is 1.27. The van der Waals surface area contributed by atoms with Crippen molar-refractivity contribution in [2.24, 2.45) is 11.8 Å². The second-order valence-electron chi connectivity index (χ2n) is 7.75. The Kier molecular flexibility index (Phi) is 4.08.